The van der Waals surface area contributed by atoms with E-state index in [1.54, 1.807) is 12.1 Å². The summed E-state index contributed by atoms with van der Waals surface area (Å²) in [5.74, 6) is -1.75. The van der Waals surface area contributed by atoms with Crippen LogP contribution in [-0.2, 0) is 0 Å². The first-order valence-corrected chi connectivity index (χ1v) is 6.46. The predicted molar refractivity (Wildman–Crippen MR) is 71.9 cm³/mol. The highest BCUT2D eigenvalue weighted by Crippen LogP contribution is 2.31. The van der Waals surface area contributed by atoms with E-state index >= 15 is 0 Å². The summed E-state index contributed by atoms with van der Waals surface area (Å²) >= 11 is 2.96. The molecule has 0 unspecified atom stereocenters. The highest BCUT2D eigenvalue weighted by Gasteiger charge is 2.18. The van der Waals surface area contributed by atoms with Gasteiger partial charge in [-0.15, -0.1) is 0 Å². The van der Waals surface area contributed by atoms with Crippen LogP contribution in [0.3, 0.4) is 0 Å². The van der Waals surface area contributed by atoms with Crippen LogP contribution >= 0.6 is 15.9 Å². The summed E-state index contributed by atoms with van der Waals surface area (Å²) in [6.07, 6.45) is 0. The van der Waals surface area contributed by atoms with Gasteiger partial charge in [0.25, 0.3) is 5.89 Å². The van der Waals surface area contributed by atoms with Crippen LogP contribution in [0.1, 0.15) is 5.69 Å². The minimum atomic E-state index is -1.02. The van der Waals surface area contributed by atoms with Crippen molar-refractivity contribution in [1.82, 2.24) is 15.1 Å². The van der Waals surface area contributed by atoms with Gasteiger partial charge in [-0.1, -0.05) is 5.16 Å². The molecule has 2 aromatic heterocycles. The number of nitrogens with one attached hydrogen (secondary N) is 1. The molecule has 0 aliphatic carbocycles. The maximum Gasteiger partial charge on any atom is 0.274 e. The number of halogens is 3. The Morgan fingerprint density at radius 1 is 1.24 bits per heavy atom. The fourth-order valence-electron chi connectivity index (χ4n) is 1.73. The van der Waals surface area contributed by atoms with E-state index in [-0.39, 0.29) is 21.8 Å². The third-order valence-electron chi connectivity index (χ3n) is 2.74. The monoisotopic (exact) mass is 350 g/mol. The first-order valence-electron chi connectivity index (χ1n) is 5.67. The van der Waals surface area contributed by atoms with Crippen molar-refractivity contribution in [3.05, 3.63) is 46.1 Å². The summed E-state index contributed by atoms with van der Waals surface area (Å²) in [5, 5.41) is 12.5. The largest absolute Gasteiger partial charge is 0.342 e. The van der Waals surface area contributed by atoms with E-state index in [1.165, 1.54) is 6.07 Å². The molecule has 0 aliphatic heterocycles. The van der Waals surface area contributed by atoms with Crippen molar-refractivity contribution >= 4 is 15.9 Å². The quantitative estimate of drug-likeness (QED) is 0.715. The van der Waals surface area contributed by atoms with Gasteiger partial charge in [-0.2, -0.15) is 10.2 Å². The number of aromatic nitrogens is 3. The third kappa shape index (κ3) is 2.32. The van der Waals surface area contributed by atoms with Gasteiger partial charge in [0.2, 0.25) is 5.82 Å². The van der Waals surface area contributed by atoms with Gasteiger partial charge in [0.1, 0.15) is 17.5 Å². The number of nitriles is 1. The van der Waals surface area contributed by atoms with Crippen molar-refractivity contribution in [2.24, 2.45) is 0 Å². The maximum absolute atomic E-state index is 13.5. The molecule has 0 radical (unpaired) electrons. The molecule has 0 fully saturated rings. The van der Waals surface area contributed by atoms with Crippen LogP contribution in [-0.4, -0.2) is 15.1 Å². The van der Waals surface area contributed by atoms with E-state index in [2.05, 4.69) is 31.1 Å². The average molecular weight is 351 g/mol. The zero-order chi connectivity index (χ0) is 15.0. The summed E-state index contributed by atoms with van der Waals surface area (Å²) in [4.78, 5) is 6.87. The number of benzene rings is 1. The Kier molecular flexibility index (Phi) is 3.27. The lowest BCUT2D eigenvalue weighted by Gasteiger charge is -2.00. The minimum absolute atomic E-state index is 0.0842. The van der Waals surface area contributed by atoms with Gasteiger partial charge < -0.3 is 9.51 Å². The molecule has 0 amide bonds. The fourth-order valence-corrected chi connectivity index (χ4v) is 2.22. The van der Waals surface area contributed by atoms with E-state index in [0.717, 1.165) is 6.07 Å². The van der Waals surface area contributed by atoms with Crippen LogP contribution < -0.4 is 0 Å². The molecule has 5 nitrogen and oxygen atoms in total. The average Bonchev–Trinajstić information content (AvgIpc) is 3.13. The molecule has 0 aliphatic rings. The molecule has 3 aromatic rings. The van der Waals surface area contributed by atoms with E-state index in [0.29, 0.717) is 11.4 Å². The molecule has 0 saturated carbocycles. The molecule has 0 bridgehead atoms. The van der Waals surface area contributed by atoms with E-state index in [1.807, 2.05) is 6.07 Å². The van der Waals surface area contributed by atoms with Crippen molar-refractivity contribution in [3.63, 3.8) is 0 Å². The topological polar surface area (TPSA) is 78.5 Å². The predicted octanol–water partition coefficient (Wildman–Crippen LogP) is 3.64. The van der Waals surface area contributed by atoms with E-state index in [9.17, 15) is 8.78 Å². The summed E-state index contributed by atoms with van der Waals surface area (Å²) in [5.41, 5.74) is 1.07. The second kappa shape index (κ2) is 5.10. The summed E-state index contributed by atoms with van der Waals surface area (Å²) in [7, 11) is 0. The smallest absolute Gasteiger partial charge is 0.274 e. The third-order valence-corrected chi connectivity index (χ3v) is 3.51. The molecule has 0 atom stereocenters. The minimum Gasteiger partial charge on any atom is -0.342 e. The molecule has 0 saturated heterocycles. The Balaban J connectivity index is 2.03. The molecular weight excluding hydrogens is 346 g/mol. The lowest BCUT2D eigenvalue weighted by atomic mass is 10.2. The van der Waals surface area contributed by atoms with Gasteiger partial charge in [0, 0.05) is 5.56 Å². The summed E-state index contributed by atoms with van der Waals surface area (Å²) in [6, 6.07) is 7.42. The number of hydrogen-bond acceptors (Lipinski definition) is 4. The van der Waals surface area contributed by atoms with Crippen molar-refractivity contribution in [2.75, 3.05) is 0 Å². The van der Waals surface area contributed by atoms with Crippen LogP contribution in [0.25, 0.3) is 23.0 Å². The molecule has 2 heterocycles. The normalized spacial score (nSPS) is 10.6. The lowest BCUT2D eigenvalue weighted by molar-refractivity contribution is 0.431. The second-order valence-corrected chi connectivity index (χ2v) is 4.84. The zero-order valence-corrected chi connectivity index (χ0v) is 11.8. The van der Waals surface area contributed by atoms with Crippen LogP contribution in [0, 0.1) is 23.0 Å². The SMILES string of the molecule is N#Cc1ccc(-c2nc(-c3ccc(F)c(F)c3Br)no2)[nH]1. The van der Waals surface area contributed by atoms with Gasteiger partial charge >= 0.3 is 0 Å². The van der Waals surface area contributed by atoms with Crippen LogP contribution in [0.15, 0.2) is 33.3 Å². The molecule has 8 heteroatoms. The maximum atomic E-state index is 13.5. The summed E-state index contributed by atoms with van der Waals surface area (Å²) < 4.78 is 31.6. The molecule has 1 N–H and O–H groups in total. The number of aromatic amines is 1. The van der Waals surface area contributed by atoms with Gasteiger partial charge in [-0.3, -0.25) is 0 Å². The van der Waals surface area contributed by atoms with Crippen LogP contribution in [0.2, 0.25) is 0 Å². The Morgan fingerprint density at radius 3 is 2.76 bits per heavy atom. The molecule has 0 spiro atoms. The van der Waals surface area contributed by atoms with Crippen molar-refractivity contribution < 1.29 is 13.3 Å². The Labute approximate surface area is 125 Å². The Morgan fingerprint density at radius 2 is 2.05 bits per heavy atom. The molecule has 104 valence electrons. The number of nitrogens with zero attached hydrogens (tertiary/aromatic N) is 3. The zero-order valence-electron chi connectivity index (χ0n) is 10.2. The highest BCUT2D eigenvalue weighted by atomic mass is 79.9. The van der Waals surface area contributed by atoms with Crippen molar-refractivity contribution in [3.8, 4) is 29.0 Å². The number of rotatable bonds is 2. The standard InChI is InChI=1S/C13H5BrF2N4O/c14-10-7(2-3-8(15)11(10)16)12-19-13(21-20-12)9-4-1-6(5-17)18-9/h1-4,18H. The van der Waals surface area contributed by atoms with Gasteiger partial charge in [-0.05, 0) is 40.2 Å². The second-order valence-electron chi connectivity index (χ2n) is 4.04. The van der Waals surface area contributed by atoms with Crippen LogP contribution in [0.5, 0.6) is 0 Å². The molecule has 1 aromatic carbocycles. The number of hydrogen-bond donors (Lipinski definition) is 1. The van der Waals surface area contributed by atoms with Gasteiger partial charge in [-0.25, -0.2) is 8.78 Å². The first-order chi connectivity index (χ1) is 10.1. The van der Waals surface area contributed by atoms with E-state index in [4.69, 9.17) is 9.78 Å². The number of H-pyrrole nitrogens is 1. The Bertz CT molecular complexity index is 865. The van der Waals surface area contributed by atoms with Crippen molar-refractivity contribution in [2.45, 2.75) is 0 Å². The Hall–Kier alpha value is -2.53. The van der Waals surface area contributed by atoms with Crippen molar-refractivity contribution in [1.29, 1.82) is 5.26 Å². The highest BCUT2D eigenvalue weighted by molar-refractivity contribution is 9.10. The summed E-state index contributed by atoms with van der Waals surface area (Å²) in [6.45, 7) is 0. The molecule has 3 rings (SSSR count). The van der Waals surface area contributed by atoms with Gasteiger partial charge in [0.15, 0.2) is 11.6 Å². The van der Waals surface area contributed by atoms with E-state index < -0.39 is 11.6 Å². The molecule has 21 heavy (non-hydrogen) atoms. The molecular formula is C13H5BrF2N4O. The van der Waals surface area contributed by atoms with Crippen LogP contribution in [0.4, 0.5) is 8.78 Å². The lowest BCUT2D eigenvalue weighted by Crippen LogP contribution is -1.90. The fraction of sp³-hybridized carbons (Fsp3) is 0. The van der Waals surface area contributed by atoms with Gasteiger partial charge in [0.05, 0.1) is 4.47 Å². The first kappa shape index (κ1) is 13.5.